The molecule has 1 aromatic rings. The Hall–Kier alpha value is -1.17. The monoisotopic (exact) mass is 271 g/mol. The summed E-state index contributed by atoms with van der Waals surface area (Å²) in [5.41, 5.74) is 0.865. The highest BCUT2D eigenvalue weighted by molar-refractivity contribution is 5.30. The zero-order chi connectivity index (χ0) is 14.3. The van der Waals surface area contributed by atoms with Gasteiger partial charge in [0.2, 0.25) is 0 Å². The van der Waals surface area contributed by atoms with Gasteiger partial charge in [-0.3, -0.25) is 0 Å². The molecule has 0 aliphatic carbocycles. The van der Waals surface area contributed by atoms with Crippen molar-refractivity contribution < 1.29 is 19.0 Å². The van der Waals surface area contributed by atoms with Crippen LogP contribution in [0.25, 0.3) is 0 Å². The van der Waals surface area contributed by atoms with Crippen LogP contribution in [0.4, 0.5) is 4.39 Å². The van der Waals surface area contributed by atoms with E-state index in [1.165, 1.54) is 13.2 Å². The largest absolute Gasteiger partial charge is 0.488 e. The van der Waals surface area contributed by atoms with Gasteiger partial charge in [0, 0.05) is 13.2 Å². The molecule has 1 aromatic carbocycles. The molecule has 0 saturated carbocycles. The third-order valence-corrected chi connectivity index (χ3v) is 2.76. The summed E-state index contributed by atoms with van der Waals surface area (Å²) < 4.78 is 23.8. The Morgan fingerprint density at radius 3 is 2.68 bits per heavy atom. The molecule has 0 fully saturated rings. The molecule has 0 radical (unpaired) electrons. The van der Waals surface area contributed by atoms with Crippen LogP contribution in [-0.2, 0) is 4.74 Å². The zero-order valence-corrected chi connectivity index (χ0v) is 11.6. The fourth-order valence-electron chi connectivity index (χ4n) is 1.75. The van der Waals surface area contributed by atoms with Gasteiger partial charge in [-0.1, -0.05) is 13.0 Å². The Kier molecular flexibility index (Phi) is 6.77. The summed E-state index contributed by atoms with van der Waals surface area (Å²) in [4.78, 5) is 0. The molecule has 19 heavy (non-hydrogen) atoms. The van der Waals surface area contributed by atoms with E-state index in [0.29, 0.717) is 0 Å². The van der Waals surface area contributed by atoms with Crippen molar-refractivity contribution in [2.45, 2.75) is 26.0 Å². The van der Waals surface area contributed by atoms with E-state index in [0.717, 1.165) is 12.1 Å². The fourth-order valence-corrected chi connectivity index (χ4v) is 1.75. The SMILES string of the molecule is CCNC(C)c1ccc(OCC(O)COC)c(F)c1. The quantitative estimate of drug-likeness (QED) is 0.758. The molecule has 0 saturated heterocycles. The predicted molar refractivity (Wildman–Crippen MR) is 71.9 cm³/mol. The Bertz CT molecular complexity index is 387. The van der Waals surface area contributed by atoms with E-state index in [1.807, 2.05) is 19.9 Å². The van der Waals surface area contributed by atoms with Crippen LogP contribution in [-0.4, -0.2) is 38.1 Å². The Morgan fingerprint density at radius 1 is 1.37 bits per heavy atom. The van der Waals surface area contributed by atoms with E-state index in [1.54, 1.807) is 6.07 Å². The highest BCUT2D eigenvalue weighted by atomic mass is 19.1. The van der Waals surface area contributed by atoms with Crippen molar-refractivity contribution in [3.8, 4) is 5.75 Å². The normalized spacial score (nSPS) is 14.2. The second kappa shape index (κ2) is 8.09. The predicted octanol–water partition coefficient (Wildman–Crippen LogP) is 1.88. The van der Waals surface area contributed by atoms with Crippen molar-refractivity contribution in [3.05, 3.63) is 29.6 Å². The minimum absolute atomic E-state index is 0.00682. The number of ether oxygens (including phenoxy) is 2. The van der Waals surface area contributed by atoms with Gasteiger partial charge in [0.1, 0.15) is 12.7 Å². The molecule has 0 spiro atoms. The van der Waals surface area contributed by atoms with E-state index < -0.39 is 11.9 Å². The molecule has 5 heteroatoms. The van der Waals surface area contributed by atoms with Crippen LogP contribution >= 0.6 is 0 Å². The molecular weight excluding hydrogens is 249 g/mol. The molecule has 0 heterocycles. The number of benzene rings is 1. The summed E-state index contributed by atoms with van der Waals surface area (Å²) in [7, 11) is 1.49. The van der Waals surface area contributed by atoms with Crippen molar-refractivity contribution in [1.29, 1.82) is 0 Å². The molecular formula is C14H22FNO3. The van der Waals surface area contributed by atoms with Gasteiger partial charge in [-0.25, -0.2) is 4.39 Å². The summed E-state index contributed by atoms with van der Waals surface area (Å²) in [5, 5.41) is 12.6. The molecule has 0 aliphatic heterocycles. The standard InChI is InChI=1S/C14H22FNO3/c1-4-16-10(2)11-5-6-14(13(15)7-11)19-9-12(17)8-18-3/h5-7,10,12,16-17H,4,8-9H2,1-3H3. The average molecular weight is 271 g/mol. The second-order valence-corrected chi connectivity index (χ2v) is 4.39. The highest BCUT2D eigenvalue weighted by Crippen LogP contribution is 2.22. The molecule has 2 atom stereocenters. The van der Waals surface area contributed by atoms with Gasteiger partial charge in [0.05, 0.1) is 6.61 Å². The first-order chi connectivity index (χ1) is 9.08. The number of rotatable bonds is 8. The first kappa shape index (κ1) is 15.9. The van der Waals surface area contributed by atoms with Gasteiger partial charge in [-0.2, -0.15) is 0 Å². The van der Waals surface area contributed by atoms with Gasteiger partial charge in [0.25, 0.3) is 0 Å². The van der Waals surface area contributed by atoms with Crippen LogP contribution in [0, 0.1) is 5.82 Å². The smallest absolute Gasteiger partial charge is 0.165 e. The van der Waals surface area contributed by atoms with Gasteiger partial charge >= 0.3 is 0 Å². The molecule has 0 amide bonds. The number of nitrogens with one attached hydrogen (secondary N) is 1. The lowest BCUT2D eigenvalue weighted by Crippen LogP contribution is -2.23. The number of methoxy groups -OCH3 is 1. The molecule has 4 nitrogen and oxygen atoms in total. The number of aliphatic hydroxyl groups is 1. The van der Waals surface area contributed by atoms with Crippen LogP contribution in [0.3, 0.4) is 0 Å². The molecule has 0 aromatic heterocycles. The highest BCUT2D eigenvalue weighted by Gasteiger charge is 2.11. The second-order valence-electron chi connectivity index (χ2n) is 4.39. The van der Waals surface area contributed by atoms with Gasteiger partial charge in [-0.05, 0) is 31.2 Å². The van der Waals surface area contributed by atoms with Gasteiger partial charge in [0.15, 0.2) is 11.6 Å². The molecule has 2 unspecified atom stereocenters. The summed E-state index contributed by atoms with van der Waals surface area (Å²) in [5.74, 6) is -0.283. The number of hydrogen-bond acceptors (Lipinski definition) is 4. The molecule has 1 rings (SSSR count). The molecule has 108 valence electrons. The van der Waals surface area contributed by atoms with Crippen molar-refractivity contribution in [2.24, 2.45) is 0 Å². The molecule has 0 aliphatic rings. The summed E-state index contributed by atoms with van der Waals surface area (Å²) in [6.45, 7) is 4.97. The summed E-state index contributed by atoms with van der Waals surface area (Å²) >= 11 is 0. The minimum atomic E-state index is -0.759. The fraction of sp³-hybridized carbons (Fsp3) is 0.571. The topological polar surface area (TPSA) is 50.7 Å². The first-order valence-corrected chi connectivity index (χ1v) is 6.41. The van der Waals surface area contributed by atoms with E-state index in [4.69, 9.17) is 9.47 Å². The van der Waals surface area contributed by atoms with E-state index in [-0.39, 0.29) is 25.0 Å². The average Bonchev–Trinajstić information content (AvgIpc) is 2.38. The van der Waals surface area contributed by atoms with Crippen LogP contribution in [0.2, 0.25) is 0 Å². The maximum atomic E-state index is 13.8. The minimum Gasteiger partial charge on any atom is -0.488 e. The number of aliphatic hydroxyl groups excluding tert-OH is 1. The third-order valence-electron chi connectivity index (χ3n) is 2.76. The number of hydrogen-bond donors (Lipinski definition) is 2. The third kappa shape index (κ3) is 5.14. The number of halogens is 1. The van der Waals surface area contributed by atoms with Crippen LogP contribution in [0.5, 0.6) is 5.75 Å². The van der Waals surface area contributed by atoms with E-state index in [2.05, 4.69) is 5.32 Å². The maximum absolute atomic E-state index is 13.8. The first-order valence-electron chi connectivity index (χ1n) is 6.41. The van der Waals surface area contributed by atoms with E-state index in [9.17, 15) is 9.50 Å². The van der Waals surface area contributed by atoms with Crippen molar-refractivity contribution in [2.75, 3.05) is 26.9 Å². The van der Waals surface area contributed by atoms with Crippen LogP contribution in [0.1, 0.15) is 25.5 Å². The van der Waals surface area contributed by atoms with Crippen molar-refractivity contribution in [3.63, 3.8) is 0 Å². The lowest BCUT2D eigenvalue weighted by Gasteiger charge is -2.15. The maximum Gasteiger partial charge on any atom is 0.165 e. The van der Waals surface area contributed by atoms with Crippen molar-refractivity contribution in [1.82, 2.24) is 5.32 Å². The summed E-state index contributed by atoms with van der Waals surface area (Å²) in [6.07, 6.45) is -0.759. The summed E-state index contributed by atoms with van der Waals surface area (Å²) in [6, 6.07) is 4.94. The Balaban J connectivity index is 2.61. The van der Waals surface area contributed by atoms with E-state index >= 15 is 0 Å². The molecule has 0 bridgehead atoms. The Labute approximate surface area is 113 Å². The van der Waals surface area contributed by atoms with Crippen LogP contribution < -0.4 is 10.1 Å². The lowest BCUT2D eigenvalue weighted by molar-refractivity contribution is 0.0316. The van der Waals surface area contributed by atoms with Crippen LogP contribution in [0.15, 0.2) is 18.2 Å². The van der Waals surface area contributed by atoms with Gasteiger partial charge in [-0.15, -0.1) is 0 Å². The Morgan fingerprint density at radius 2 is 2.11 bits per heavy atom. The molecule has 2 N–H and O–H groups in total. The zero-order valence-electron chi connectivity index (χ0n) is 11.6. The van der Waals surface area contributed by atoms with Gasteiger partial charge < -0.3 is 19.9 Å². The van der Waals surface area contributed by atoms with Crippen molar-refractivity contribution >= 4 is 0 Å². The lowest BCUT2D eigenvalue weighted by atomic mass is 10.1.